The molecule has 3 nitrogen and oxygen atoms in total. The van der Waals surface area contributed by atoms with Gasteiger partial charge in [0, 0.05) is 0 Å². The van der Waals surface area contributed by atoms with Crippen molar-refractivity contribution in [3.8, 4) is 5.75 Å². The minimum absolute atomic E-state index is 0.320. The van der Waals surface area contributed by atoms with Gasteiger partial charge in [0.05, 0.1) is 19.3 Å². The van der Waals surface area contributed by atoms with Crippen LogP contribution in [0.2, 0.25) is 0 Å². The summed E-state index contributed by atoms with van der Waals surface area (Å²) in [5.41, 5.74) is 6.97. The fourth-order valence-electron chi connectivity index (χ4n) is 1.73. The van der Waals surface area contributed by atoms with Gasteiger partial charge in [-0.1, -0.05) is 26.0 Å². The monoisotopic (exact) mass is 237 g/mol. The normalized spacial score (nSPS) is 14.7. The van der Waals surface area contributed by atoms with E-state index in [0.29, 0.717) is 5.92 Å². The van der Waals surface area contributed by atoms with Gasteiger partial charge in [0.25, 0.3) is 0 Å². The second-order valence-electron chi connectivity index (χ2n) is 4.84. The lowest BCUT2D eigenvalue weighted by molar-refractivity contribution is 0.128. The molecule has 1 aromatic rings. The van der Waals surface area contributed by atoms with Gasteiger partial charge in [-0.05, 0) is 36.5 Å². The molecule has 3 N–H and O–H groups in total. The van der Waals surface area contributed by atoms with E-state index in [2.05, 4.69) is 13.8 Å². The van der Waals surface area contributed by atoms with Crippen molar-refractivity contribution in [3.05, 3.63) is 29.8 Å². The highest BCUT2D eigenvalue weighted by Crippen LogP contribution is 2.21. The van der Waals surface area contributed by atoms with Crippen molar-refractivity contribution in [1.82, 2.24) is 0 Å². The molecular weight excluding hydrogens is 214 g/mol. The molecular formula is C14H23NO2. The van der Waals surface area contributed by atoms with Gasteiger partial charge in [0.2, 0.25) is 0 Å². The Hall–Kier alpha value is -1.06. The van der Waals surface area contributed by atoms with Gasteiger partial charge in [-0.2, -0.15) is 0 Å². The molecule has 3 heteroatoms. The van der Waals surface area contributed by atoms with Crippen molar-refractivity contribution in [2.75, 3.05) is 7.11 Å². The van der Waals surface area contributed by atoms with Crippen LogP contribution in [0, 0.1) is 5.92 Å². The molecule has 0 radical (unpaired) electrons. The molecule has 0 unspecified atom stereocenters. The van der Waals surface area contributed by atoms with Gasteiger partial charge >= 0.3 is 0 Å². The molecule has 0 saturated heterocycles. The van der Waals surface area contributed by atoms with Crippen LogP contribution in [0.5, 0.6) is 5.75 Å². The lowest BCUT2D eigenvalue weighted by atomic mass is 9.96. The SMILES string of the molecule is COc1ccc([C@H](N)[C@H](O)CCC(C)C)cc1. The molecule has 0 aromatic heterocycles. The van der Waals surface area contributed by atoms with Crippen molar-refractivity contribution < 1.29 is 9.84 Å². The van der Waals surface area contributed by atoms with Crippen molar-refractivity contribution in [2.24, 2.45) is 11.7 Å². The maximum atomic E-state index is 9.99. The van der Waals surface area contributed by atoms with E-state index in [1.807, 2.05) is 24.3 Å². The maximum absolute atomic E-state index is 9.99. The van der Waals surface area contributed by atoms with Crippen LogP contribution in [0.25, 0.3) is 0 Å². The van der Waals surface area contributed by atoms with Crippen LogP contribution in [0.15, 0.2) is 24.3 Å². The Bertz CT molecular complexity index is 321. The molecule has 17 heavy (non-hydrogen) atoms. The first kappa shape index (κ1) is 14.0. The van der Waals surface area contributed by atoms with Gasteiger partial charge in [-0.15, -0.1) is 0 Å². The van der Waals surface area contributed by atoms with E-state index in [0.717, 1.165) is 24.2 Å². The van der Waals surface area contributed by atoms with Crippen LogP contribution in [0.4, 0.5) is 0 Å². The number of ether oxygens (including phenoxy) is 1. The average Bonchev–Trinajstić information content (AvgIpc) is 2.35. The van der Waals surface area contributed by atoms with Crippen molar-refractivity contribution in [3.63, 3.8) is 0 Å². The van der Waals surface area contributed by atoms with Gasteiger partial charge in [0.15, 0.2) is 0 Å². The molecule has 0 spiro atoms. The van der Waals surface area contributed by atoms with Crippen LogP contribution in [-0.2, 0) is 0 Å². The number of methoxy groups -OCH3 is 1. The Kier molecular flexibility index (Phi) is 5.45. The third-order valence-electron chi connectivity index (χ3n) is 2.96. The molecule has 0 amide bonds. The summed E-state index contributed by atoms with van der Waals surface area (Å²) in [6, 6.07) is 7.22. The Morgan fingerprint density at radius 3 is 2.24 bits per heavy atom. The lowest BCUT2D eigenvalue weighted by Crippen LogP contribution is -2.26. The number of aliphatic hydroxyl groups excluding tert-OH is 1. The van der Waals surface area contributed by atoms with Crippen molar-refractivity contribution >= 4 is 0 Å². The quantitative estimate of drug-likeness (QED) is 0.799. The number of rotatable bonds is 6. The first-order chi connectivity index (χ1) is 8.04. The second kappa shape index (κ2) is 6.62. The zero-order valence-electron chi connectivity index (χ0n) is 10.9. The summed E-state index contributed by atoms with van der Waals surface area (Å²) in [4.78, 5) is 0. The van der Waals surface area contributed by atoms with Crippen LogP contribution in [0.3, 0.4) is 0 Å². The first-order valence-electron chi connectivity index (χ1n) is 6.12. The summed E-state index contributed by atoms with van der Waals surface area (Å²) in [5.74, 6) is 1.39. The number of hydrogen-bond acceptors (Lipinski definition) is 3. The van der Waals surface area contributed by atoms with Gasteiger partial charge in [-0.3, -0.25) is 0 Å². The fraction of sp³-hybridized carbons (Fsp3) is 0.571. The predicted molar refractivity (Wildman–Crippen MR) is 70.0 cm³/mol. The minimum Gasteiger partial charge on any atom is -0.497 e. The molecule has 1 rings (SSSR count). The Balaban J connectivity index is 2.58. The van der Waals surface area contributed by atoms with Crippen LogP contribution in [0.1, 0.15) is 38.3 Å². The van der Waals surface area contributed by atoms with Gasteiger partial charge in [0.1, 0.15) is 5.75 Å². The topological polar surface area (TPSA) is 55.5 Å². The highest BCUT2D eigenvalue weighted by atomic mass is 16.5. The average molecular weight is 237 g/mol. The van der Waals surface area contributed by atoms with Crippen LogP contribution >= 0.6 is 0 Å². The molecule has 0 aliphatic rings. The summed E-state index contributed by atoms with van der Waals surface area (Å²) in [7, 11) is 1.63. The zero-order valence-corrected chi connectivity index (χ0v) is 10.9. The van der Waals surface area contributed by atoms with E-state index in [1.54, 1.807) is 7.11 Å². The molecule has 96 valence electrons. The smallest absolute Gasteiger partial charge is 0.118 e. The predicted octanol–water partition coefficient (Wildman–Crippen LogP) is 2.49. The molecule has 0 fully saturated rings. The number of hydrogen-bond donors (Lipinski definition) is 2. The molecule has 0 bridgehead atoms. The van der Waals surface area contributed by atoms with Crippen molar-refractivity contribution in [2.45, 2.75) is 38.8 Å². The Morgan fingerprint density at radius 2 is 1.76 bits per heavy atom. The minimum atomic E-state index is -0.481. The molecule has 0 aliphatic carbocycles. The maximum Gasteiger partial charge on any atom is 0.118 e. The molecule has 2 atom stereocenters. The lowest BCUT2D eigenvalue weighted by Gasteiger charge is -2.20. The summed E-state index contributed by atoms with van der Waals surface area (Å²) < 4.78 is 5.09. The molecule has 0 aliphatic heterocycles. The summed E-state index contributed by atoms with van der Waals surface area (Å²) >= 11 is 0. The largest absolute Gasteiger partial charge is 0.497 e. The van der Waals surface area contributed by atoms with Crippen LogP contribution in [-0.4, -0.2) is 18.3 Å². The van der Waals surface area contributed by atoms with Crippen molar-refractivity contribution in [1.29, 1.82) is 0 Å². The van der Waals surface area contributed by atoms with E-state index in [-0.39, 0.29) is 6.04 Å². The number of benzene rings is 1. The highest BCUT2D eigenvalue weighted by molar-refractivity contribution is 5.29. The summed E-state index contributed by atoms with van der Waals surface area (Å²) in [6.07, 6.45) is 1.25. The third-order valence-corrected chi connectivity index (χ3v) is 2.96. The third kappa shape index (κ3) is 4.36. The van der Waals surface area contributed by atoms with E-state index in [4.69, 9.17) is 10.5 Å². The summed E-state index contributed by atoms with van der Waals surface area (Å²) in [6.45, 7) is 4.29. The first-order valence-corrected chi connectivity index (χ1v) is 6.12. The number of nitrogens with two attached hydrogens (primary N) is 1. The second-order valence-corrected chi connectivity index (χ2v) is 4.84. The zero-order chi connectivity index (χ0) is 12.8. The molecule has 1 aromatic carbocycles. The molecule has 0 heterocycles. The van der Waals surface area contributed by atoms with E-state index in [1.165, 1.54) is 0 Å². The Labute approximate surface area is 104 Å². The summed E-state index contributed by atoms with van der Waals surface area (Å²) in [5, 5.41) is 9.99. The van der Waals surface area contributed by atoms with E-state index >= 15 is 0 Å². The van der Waals surface area contributed by atoms with Gasteiger partial charge < -0.3 is 15.6 Å². The van der Waals surface area contributed by atoms with Crippen LogP contribution < -0.4 is 10.5 Å². The van der Waals surface area contributed by atoms with Gasteiger partial charge in [-0.25, -0.2) is 0 Å². The molecule has 0 saturated carbocycles. The fourth-order valence-corrected chi connectivity index (χ4v) is 1.73. The standard InChI is InChI=1S/C14H23NO2/c1-10(2)4-9-13(16)14(15)11-5-7-12(17-3)8-6-11/h5-8,10,13-14,16H,4,9,15H2,1-3H3/t13-,14+/m1/s1. The number of aliphatic hydroxyl groups is 1. The Morgan fingerprint density at radius 1 is 1.18 bits per heavy atom. The van der Waals surface area contributed by atoms with E-state index in [9.17, 15) is 5.11 Å². The van der Waals surface area contributed by atoms with E-state index < -0.39 is 6.10 Å². The highest BCUT2D eigenvalue weighted by Gasteiger charge is 2.16.